The van der Waals surface area contributed by atoms with Gasteiger partial charge in [0.1, 0.15) is 48.8 Å². The van der Waals surface area contributed by atoms with Crippen LogP contribution in [0.4, 0.5) is 0 Å². The summed E-state index contributed by atoms with van der Waals surface area (Å²) in [7, 11) is 0. The van der Waals surface area contributed by atoms with Crippen LogP contribution in [-0.2, 0) is 37.9 Å². The minimum absolute atomic E-state index is 0.210. The maximum atomic E-state index is 13.5. The van der Waals surface area contributed by atoms with Crippen LogP contribution in [0, 0.1) is 94.7 Å². The van der Waals surface area contributed by atoms with Crippen molar-refractivity contribution in [1.29, 1.82) is 0 Å². The lowest BCUT2D eigenvalue weighted by Gasteiger charge is -2.19. The maximum absolute atomic E-state index is 13.5. The van der Waals surface area contributed by atoms with Gasteiger partial charge in [-0.25, -0.2) is 38.4 Å². The van der Waals surface area contributed by atoms with Crippen LogP contribution in [0.1, 0.15) is 211 Å². The van der Waals surface area contributed by atoms with Gasteiger partial charge in [-0.15, -0.1) is 0 Å². The van der Waals surface area contributed by atoms with Crippen LogP contribution < -0.4 is 0 Å². The normalized spacial score (nSPS) is 41.0. The summed E-state index contributed by atoms with van der Waals surface area (Å²) in [6.07, 6.45) is 15.0. The van der Waals surface area contributed by atoms with Gasteiger partial charge in [-0.3, -0.25) is 0 Å². The Morgan fingerprint density at radius 1 is 0.163 bits per heavy atom. The third-order valence-corrected chi connectivity index (χ3v) is 25.9. The summed E-state index contributed by atoms with van der Waals surface area (Å²) < 4.78 is 48.8. The zero-order valence-electron chi connectivity index (χ0n) is 51.8. The quantitative estimate of drug-likeness (QED) is 0.118. The van der Waals surface area contributed by atoms with Crippen LogP contribution >= 0.6 is 0 Å². The summed E-state index contributed by atoms with van der Waals surface area (Å²) in [4.78, 5) is 108. The third kappa shape index (κ3) is 10.9. The van der Waals surface area contributed by atoms with E-state index in [4.69, 9.17) is 37.9 Å². The van der Waals surface area contributed by atoms with Crippen LogP contribution in [0.15, 0.2) is 97.1 Å². The van der Waals surface area contributed by atoms with E-state index in [1.165, 1.54) is 0 Å². The first kappa shape index (κ1) is 58.5. The molecule has 19 aliphatic rings. The summed E-state index contributed by atoms with van der Waals surface area (Å²) in [5, 5.41) is 0. The fourth-order valence-electron chi connectivity index (χ4n) is 22.3. The van der Waals surface area contributed by atoms with Gasteiger partial charge in [-0.05, 0) is 320 Å². The SMILES string of the molecule is O=C1OC2C[C@@H]3C[C@@H]4CC(C[C@@H]4[C@@H]3C2)OC(=O)c2ccc(cc2)C(=O)O[C@H]2C[C@H]3C[C@H]4C[C@H](C[C@H]4[C@H]3C2)OC(=O)c2ccc(cc2)C(=O)OC2C[C@@H]3C[C@@H]4CC(C[C@@H]4[C@@H]3C2)OC(=O)c2ccc(cc2)C(=O)O[C@H]2C[C@H]3C[C@H]4C[C@H](C[C@H]4[C@H]3C2)OC(=O)c2ccc1cc2. The Morgan fingerprint density at radius 2 is 0.272 bits per heavy atom. The Morgan fingerprint density at radius 3 is 0.380 bits per heavy atom. The number of carbonyl (C=O) groups excluding carboxylic acids is 8. The van der Waals surface area contributed by atoms with Crippen molar-refractivity contribution in [3.8, 4) is 0 Å². The predicted octanol–water partition coefficient (Wildman–Crippen LogP) is 12.8. The standard InChI is InChI=1S/C76H80O16/c77-69-37-1-2-38(4-3-37)70(78)86-54-22-46-18-48-24-56(32-64(48)62(46)30-54)88-72(80)40-9-11-42(12-10-40)74(82)90-58-26-50-20-52-28-60(36-68(52)66(50)34-58)92-76(84)44-15-13-43(14-16-44)75(83)91-59-27-51-19-49-25-57(33-65(49)67(51)35-59)89-73(81)41-7-5-39(6-8-41)71(79)87-55-23-47-17-45-21-53(85-69)29-61(45)63(47)31-55/h1-16,45-68H,17-36H2/t45-,46-,47+,48+,49+,50+,51-,52-,53+,54?,55-,56?,57?,58-,59?,60+,61+,62+,63-,64-,65-,66-,67+,68+. The van der Waals surface area contributed by atoms with Crippen LogP contribution in [0.2, 0.25) is 0 Å². The Bertz CT molecular complexity index is 2900. The number of esters is 8. The van der Waals surface area contributed by atoms with Gasteiger partial charge in [0.25, 0.3) is 0 Å². The zero-order valence-corrected chi connectivity index (χ0v) is 51.8. The number of ether oxygens (including phenoxy) is 8. The lowest BCUT2D eigenvalue weighted by atomic mass is 9.89. The first-order valence-electron chi connectivity index (χ1n) is 34.8. The number of benzene rings is 4. The van der Waals surface area contributed by atoms with Crippen LogP contribution in [0.5, 0.6) is 0 Å². The minimum Gasteiger partial charge on any atom is -0.459 e. The Labute approximate surface area is 535 Å². The van der Waals surface area contributed by atoms with Crippen molar-refractivity contribution >= 4 is 47.8 Å². The molecular weight excluding hydrogens is 1170 g/mol. The highest BCUT2D eigenvalue weighted by molar-refractivity contribution is 5.96. The minimum atomic E-state index is -0.408. The fraction of sp³-hybridized carbons (Fsp3) is 0.579. The number of carbonyl (C=O) groups is 8. The summed E-state index contributed by atoms with van der Waals surface area (Å²) in [6, 6.07) is 26.3. The van der Waals surface area contributed by atoms with Crippen molar-refractivity contribution in [3.63, 3.8) is 0 Å². The second-order valence-corrected chi connectivity index (χ2v) is 30.6. The van der Waals surface area contributed by atoms with Crippen molar-refractivity contribution in [2.75, 3.05) is 0 Å². The van der Waals surface area contributed by atoms with Crippen molar-refractivity contribution in [2.24, 2.45) is 94.7 Å². The van der Waals surface area contributed by atoms with E-state index in [-0.39, 0.29) is 48.8 Å². The summed E-state index contributed by atoms with van der Waals surface area (Å²) in [5.74, 6) is 3.40. The second kappa shape index (κ2) is 23.3. The number of hydrogen-bond acceptors (Lipinski definition) is 16. The van der Waals surface area contributed by atoms with E-state index in [2.05, 4.69) is 0 Å². The summed E-state index contributed by atoms with van der Waals surface area (Å²) >= 11 is 0. The highest BCUT2D eigenvalue weighted by Crippen LogP contribution is 2.62. The maximum Gasteiger partial charge on any atom is 0.338 e. The average molecular weight is 1250 g/mol. The molecule has 12 saturated carbocycles. The van der Waals surface area contributed by atoms with E-state index in [0.29, 0.717) is 139 Å². The van der Waals surface area contributed by atoms with E-state index in [9.17, 15) is 38.4 Å². The van der Waals surface area contributed by atoms with Crippen molar-refractivity contribution in [1.82, 2.24) is 0 Å². The Hall–Kier alpha value is -7.36. The zero-order chi connectivity index (χ0) is 62.2. The van der Waals surface area contributed by atoms with Gasteiger partial charge in [-0.2, -0.15) is 0 Å². The first-order chi connectivity index (χ1) is 44.7. The average Bonchev–Trinajstić information content (AvgIpc) is 1.65. The molecule has 4 aromatic carbocycles. The molecule has 12 fully saturated rings. The van der Waals surface area contributed by atoms with Gasteiger partial charge in [0, 0.05) is 0 Å². The smallest absolute Gasteiger partial charge is 0.338 e. The molecule has 24 bridgehead atoms. The molecule has 0 N–H and O–H groups in total. The summed E-state index contributed by atoms with van der Waals surface area (Å²) in [5.41, 5.74) is 3.08. The molecule has 7 aliphatic heterocycles. The molecule has 0 saturated heterocycles. The Kier molecular flexibility index (Phi) is 14.8. The van der Waals surface area contributed by atoms with E-state index in [0.717, 1.165) is 128 Å². The topological polar surface area (TPSA) is 210 Å². The van der Waals surface area contributed by atoms with Crippen molar-refractivity contribution < 1.29 is 76.3 Å². The lowest BCUT2D eigenvalue weighted by Crippen LogP contribution is -2.20. The van der Waals surface area contributed by atoms with Gasteiger partial charge in [0.15, 0.2) is 0 Å². The van der Waals surface area contributed by atoms with Gasteiger partial charge in [-0.1, -0.05) is 0 Å². The molecule has 4 aromatic rings. The summed E-state index contributed by atoms with van der Waals surface area (Å²) in [6.45, 7) is 0. The van der Waals surface area contributed by atoms with Crippen LogP contribution in [0.3, 0.4) is 0 Å². The molecule has 0 amide bonds. The molecule has 16 heteroatoms. The fourth-order valence-corrected chi connectivity index (χ4v) is 22.3. The van der Waals surface area contributed by atoms with E-state index in [1.54, 1.807) is 97.1 Å². The molecule has 0 aromatic heterocycles. The Balaban J connectivity index is 0.530. The molecular formula is C76H80O16. The monoisotopic (exact) mass is 1250 g/mol. The third-order valence-electron chi connectivity index (χ3n) is 25.9. The highest BCUT2D eigenvalue weighted by Gasteiger charge is 2.58. The van der Waals surface area contributed by atoms with Crippen molar-refractivity contribution in [2.45, 2.75) is 177 Å². The predicted molar refractivity (Wildman–Crippen MR) is 328 cm³/mol. The lowest BCUT2D eigenvalue weighted by molar-refractivity contribution is 0.0266. The van der Waals surface area contributed by atoms with E-state index in [1.807, 2.05) is 0 Å². The molecule has 12 aliphatic carbocycles. The molecule has 0 radical (unpaired) electrons. The van der Waals surface area contributed by atoms with E-state index < -0.39 is 47.8 Å². The van der Waals surface area contributed by atoms with Gasteiger partial charge in [0.2, 0.25) is 0 Å². The molecule has 480 valence electrons. The van der Waals surface area contributed by atoms with Crippen molar-refractivity contribution in [3.05, 3.63) is 142 Å². The molecule has 92 heavy (non-hydrogen) atoms. The van der Waals surface area contributed by atoms with Crippen LogP contribution in [-0.4, -0.2) is 96.6 Å². The number of hydrogen-bond donors (Lipinski definition) is 0. The molecule has 24 atom stereocenters. The second-order valence-electron chi connectivity index (χ2n) is 30.6. The molecule has 4 unspecified atom stereocenters. The largest absolute Gasteiger partial charge is 0.459 e. The highest BCUT2D eigenvalue weighted by atomic mass is 16.6. The first-order valence-corrected chi connectivity index (χ1v) is 34.8. The molecule has 0 spiro atoms. The van der Waals surface area contributed by atoms with Gasteiger partial charge < -0.3 is 37.9 Å². The van der Waals surface area contributed by atoms with E-state index >= 15 is 0 Å². The van der Waals surface area contributed by atoms with Gasteiger partial charge >= 0.3 is 47.8 Å². The molecule has 7 heterocycles. The number of rotatable bonds is 0. The molecule has 23 rings (SSSR count). The molecule has 16 nitrogen and oxygen atoms in total. The van der Waals surface area contributed by atoms with Crippen LogP contribution in [0.25, 0.3) is 0 Å². The van der Waals surface area contributed by atoms with Gasteiger partial charge in [0.05, 0.1) is 44.5 Å².